The predicted octanol–water partition coefficient (Wildman–Crippen LogP) is 3.23. The Morgan fingerprint density at radius 3 is 2.72 bits per heavy atom. The lowest BCUT2D eigenvalue weighted by atomic mass is 10.1. The molecule has 0 aliphatic heterocycles. The lowest BCUT2D eigenvalue weighted by molar-refractivity contribution is 0.104. The van der Waals surface area contributed by atoms with Crippen molar-refractivity contribution in [1.82, 2.24) is 9.97 Å². The molecule has 3 nitrogen and oxygen atoms in total. The van der Waals surface area contributed by atoms with E-state index >= 15 is 0 Å². The molecule has 0 saturated carbocycles. The molecule has 0 N–H and O–H groups in total. The number of para-hydroxylation sites is 1. The second-order valence-electron chi connectivity index (χ2n) is 3.97. The molecule has 2 aromatic heterocycles. The molecule has 2 heterocycles. The molecule has 0 aliphatic carbocycles. The summed E-state index contributed by atoms with van der Waals surface area (Å²) in [6.07, 6.45) is 3.24. The molecule has 0 radical (unpaired) electrons. The van der Waals surface area contributed by atoms with Gasteiger partial charge in [-0.2, -0.15) is 0 Å². The van der Waals surface area contributed by atoms with E-state index in [1.54, 1.807) is 18.5 Å². The van der Waals surface area contributed by atoms with Gasteiger partial charge in [-0.1, -0.05) is 6.07 Å². The van der Waals surface area contributed by atoms with Crippen molar-refractivity contribution in [3.8, 4) is 0 Å². The van der Waals surface area contributed by atoms with E-state index in [0.717, 1.165) is 15.3 Å². The van der Waals surface area contributed by atoms with Gasteiger partial charge in [0.1, 0.15) is 0 Å². The van der Waals surface area contributed by atoms with Crippen LogP contribution >= 0.6 is 11.3 Å². The van der Waals surface area contributed by atoms with Gasteiger partial charge in [0.05, 0.1) is 21.5 Å². The van der Waals surface area contributed by atoms with Gasteiger partial charge in [-0.25, -0.2) is 0 Å². The third-order valence-electron chi connectivity index (χ3n) is 2.71. The average Bonchev–Trinajstić information content (AvgIpc) is 2.84. The van der Waals surface area contributed by atoms with Crippen LogP contribution in [0.15, 0.2) is 42.7 Å². The number of benzene rings is 1. The summed E-state index contributed by atoms with van der Waals surface area (Å²) < 4.78 is 0. The SMILES string of the molecule is Cc1ccc(C(=O)c2cccc3nccnc23)s1. The minimum absolute atomic E-state index is 0.0131. The van der Waals surface area contributed by atoms with Crippen LogP contribution in [0.3, 0.4) is 0 Å². The van der Waals surface area contributed by atoms with E-state index in [-0.39, 0.29) is 5.78 Å². The van der Waals surface area contributed by atoms with Crippen molar-refractivity contribution in [3.63, 3.8) is 0 Å². The number of aromatic nitrogens is 2. The van der Waals surface area contributed by atoms with Crippen molar-refractivity contribution < 1.29 is 4.79 Å². The number of nitrogens with zero attached hydrogens (tertiary/aromatic N) is 2. The number of aryl methyl sites for hydroxylation is 1. The Labute approximate surface area is 108 Å². The van der Waals surface area contributed by atoms with Gasteiger partial charge in [0, 0.05) is 17.3 Å². The van der Waals surface area contributed by atoms with E-state index in [9.17, 15) is 4.79 Å². The average molecular weight is 254 g/mol. The van der Waals surface area contributed by atoms with Gasteiger partial charge in [-0.15, -0.1) is 11.3 Å². The second-order valence-corrected chi connectivity index (χ2v) is 5.26. The fourth-order valence-electron chi connectivity index (χ4n) is 1.87. The maximum Gasteiger partial charge on any atom is 0.205 e. The summed E-state index contributed by atoms with van der Waals surface area (Å²) in [5.74, 6) is 0.0131. The molecule has 0 aliphatic rings. The molecule has 88 valence electrons. The van der Waals surface area contributed by atoms with Crippen LogP contribution in [0.25, 0.3) is 11.0 Å². The van der Waals surface area contributed by atoms with E-state index in [1.807, 2.05) is 31.2 Å². The first-order valence-corrected chi connectivity index (χ1v) is 6.38. The van der Waals surface area contributed by atoms with Gasteiger partial charge >= 0.3 is 0 Å². The second kappa shape index (κ2) is 4.31. The first kappa shape index (κ1) is 11.0. The lowest BCUT2D eigenvalue weighted by Crippen LogP contribution is -2.01. The van der Waals surface area contributed by atoms with Crippen molar-refractivity contribution in [3.05, 3.63) is 58.0 Å². The molecule has 0 unspecified atom stereocenters. The minimum Gasteiger partial charge on any atom is -0.288 e. The number of hydrogen-bond donors (Lipinski definition) is 0. The highest BCUT2D eigenvalue weighted by Crippen LogP contribution is 2.22. The third-order valence-corrected chi connectivity index (χ3v) is 3.71. The van der Waals surface area contributed by atoms with E-state index in [0.29, 0.717) is 11.1 Å². The Hall–Kier alpha value is -2.07. The Morgan fingerprint density at radius 1 is 1.11 bits per heavy atom. The quantitative estimate of drug-likeness (QED) is 0.659. The molecule has 3 rings (SSSR count). The maximum absolute atomic E-state index is 12.4. The van der Waals surface area contributed by atoms with Gasteiger partial charge in [-0.05, 0) is 31.2 Å². The van der Waals surface area contributed by atoms with Crippen molar-refractivity contribution >= 4 is 28.2 Å². The fraction of sp³-hybridized carbons (Fsp3) is 0.0714. The molecule has 0 saturated heterocycles. The molecular formula is C14H10N2OS. The number of thiophene rings is 1. The molecule has 18 heavy (non-hydrogen) atoms. The third kappa shape index (κ3) is 1.80. The van der Waals surface area contributed by atoms with Gasteiger partial charge in [0.15, 0.2) is 0 Å². The van der Waals surface area contributed by atoms with Crippen molar-refractivity contribution in [2.24, 2.45) is 0 Å². The summed E-state index contributed by atoms with van der Waals surface area (Å²) in [4.78, 5) is 22.8. The molecule has 4 heteroatoms. The summed E-state index contributed by atoms with van der Waals surface area (Å²) >= 11 is 1.50. The lowest BCUT2D eigenvalue weighted by Gasteiger charge is -2.02. The largest absolute Gasteiger partial charge is 0.288 e. The summed E-state index contributed by atoms with van der Waals surface area (Å²) in [6.45, 7) is 1.99. The van der Waals surface area contributed by atoms with Gasteiger partial charge < -0.3 is 0 Å². The first-order valence-electron chi connectivity index (χ1n) is 5.56. The Bertz CT molecular complexity index is 728. The Kier molecular flexibility index (Phi) is 2.64. The smallest absolute Gasteiger partial charge is 0.205 e. The van der Waals surface area contributed by atoms with Crippen LogP contribution in [-0.4, -0.2) is 15.8 Å². The topological polar surface area (TPSA) is 42.9 Å². The van der Waals surface area contributed by atoms with Crippen LogP contribution < -0.4 is 0 Å². The van der Waals surface area contributed by atoms with E-state index in [4.69, 9.17) is 0 Å². The summed E-state index contributed by atoms with van der Waals surface area (Å²) in [7, 11) is 0. The van der Waals surface area contributed by atoms with Crippen LogP contribution in [-0.2, 0) is 0 Å². The highest BCUT2D eigenvalue weighted by Gasteiger charge is 2.14. The summed E-state index contributed by atoms with van der Waals surface area (Å²) in [5, 5.41) is 0. The Morgan fingerprint density at radius 2 is 1.94 bits per heavy atom. The molecule has 3 aromatic rings. The van der Waals surface area contributed by atoms with Crippen LogP contribution in [0.4, 0.5) is 0 Å². The first-order chi connectivity index (χ1) is 8.75. The van der Waals surface area contributed by atoms with Crippen molar-refractivity contribution in [2.75, 3.05) is 0 Å². The van der Waals surface area contributed by atoms with Crippen LogP contribution in [0.2, 0.25) is 0 Å². The number of carbonyl (C=O) groups is 1. The highest BCUT2D eigenvalue weighted by atomic mass is 32.1. The molecular weight excluding hydrogens is 244 g/mol. The number of hydrogen-bond acceptors (Lipinski definition) is 4. The molecule has 0 atom stereocenters. The summed E-state index contributed by atoms with van der Waals surface area (Å²) in [5.41, 5.74) is 2.02. The van der Waals surface area contributed by atoms with Crippen molar-refractivity contribution in [2.45, 2.75) is 6.92 Å². The van der Waals surface area contributed by atoms with Gasteiger partial charge in [0.2, 0.25) is 5.78 Å². The van der Waals surface area contributed by atoms with Crippen LogP contribution in [0, 0.1) is 6.92 Å². The molecule has 0 spiro atoms. The normalized spacial score (nSPS) is 10.7. The standard InChI is InChI=1S/C14H10N2OS/c1-9-5-6-12(18-9)14(17)10-3-2-4-11-13(10)16-8-7-15-11/h2-8H,1H3. The molecule has 0 amide bonds. The maximum atomic E-state index is 12.4. The number of ketones is 1. The van der Waals surface area contributed by atoms with Crippen LogP contribution in [0.1, 0.15) is 20.1 Å². The van der Waals surface area contributed by atoms with Gasteiger partial charge in [0.25, 0.3) is 0 Å². The zero-order chi connectivity index (χ0) is 12.5. The molecule has 1 aromatic carbocycles. The fourth-order valence-corrected chi connectivity index (χ4v) is 2.69. The van der Waals surface area contributed by atoms with E-state index < -0.39 is 0 Å². The summed E-state index contributed by atoms with van der Waals surface area (Å²) in [6, 6.07) is 9.31. The number of fused-ring (bicyclic) bond motifs is 1. The number of rotatable bonds is 2. The van der Waals surface area contributed by atoms with Crippen molar-refractivity contribution in [1.29, 1.82) is 0 Å². The number of carbonyl (C=O) groups excluding carboxylic acids is 1. The highest BCUT2D eigenvalue weighted by molar-refractivity contribution is 7.14. The molecule has 0 bridgehead atoms. The Balaban J connectivity index is 2.17. The zero-order valence-electron chi connectivity index (χ0n) is 9.75. The monoisotopic (exact) mass is 254 g/mol. The molecule has 0 fully saturated rings. The predicted molar refractivity (Wildman–Crippen MR) is 72.0 cm³/mol. The van der Waals surface area contributed by atoms with E-state index in [1.165, 1.54) is 11.3 Å². The minimum atomic E-state index is 0.0131. The zero-order valence-corrected chi connectivity index (χ0v) is 10.6. The van der Waals surface area contributed by atoms with Crippen LogP contribution in [0.5, 0.6) is 0 Å². The van der Waals surface area contributed by atoms with E-state index in [2.05, 4.69) is 9.97 Å². The van der Waals surface area contributed by atoms with Gasteiger partial charge in [-0.3, -0.25) is 14.8 Å².